The maximum atomic E-state index is 11.2. The van der Waals surface area contributed by atoms with E-state index in [1.807, 2.05) is 0 Å². The fraction of sp³-hybridized carbons (Fsp3) is 0.455. The van der Waals surface area contributed by atoms with Crippen LogP contribution in [0.1, 0.15) is 16.8 Å². The molecule has 0 amide bonds. The Bertz CT molecular complexity index is 487. The Morgan fingerprint density at radius 2 is 2.22 bits per heavy atom. The molecule has 0 spiro atoms. The molecule has 1 aromatic rings. The van der Waals surface area contributed by atoms with Crippen LogP contribution in [0.2, 0.25) is 0 Å². The molecule has 0 aliphatic rings. The highest BCUT2D eigenvalue weighted by Crippen LogP contribution is 2.24. The quantitative estimate of drug-likeness (QED) is 0.479. The van der Waals surface area contributed by atoms with Gasteiger partial charge in [0.05, 0.1) is 17.7 Å². The van der Waals surface area contributed by atoms with Gasteiger partial charge in [-0.3, -0.25) is 19.9 Å². The second-order valence-electron chi connectivity index (χ2n) is 3.95. The molecule has 0 saturated heterocycles. The van der Waals surface area contributed by atoms with Gasteiger partial charge in [0.2, 0.25) is 0 Å². The average molecular weight is 253 g/mol. The molecule has 0 aliphatic carbocycles. The molecule has 98 valence electrons. The summed E-state index contributed by atoms with van der Waals surface area (Å²) in [5, 5.41) is 10.9. The fourth-order valence-corrected chi connectivity index (χ4v) is 1.69. The van der Waals surface area contributed by atoms with E-state index < -0.39 is 16.9 Å². The number of nitrogens with zero attached hydrogens (tertiary/aromatic N) is 2. The maximum Gasteiger partial charge on any atom is 0.323 e. The number of ether oxygens (including phenoxy) is 1. The molecule has 0 fully saturated rings. The number of hydrogen-bond acceptors (Lipinski definition) is 6. The summed E-state index contributed by atoms with van der Waals surface area (Å²) in [6.45, 7) is 3.21. The highest BCUT2D eigenvalue weighted by atomic mass is 16.6. The van der Waals surface area contributed by atoms with E-state index in [1.54, 1.807) is 13.8 Å². The Kier molecular flexibility index (Phi) is 4.33. The summed E-state index contributed by atoms with van der Waals surface area (Å²) < 4.78 is 4.50. The van der Waals surface area contributed by atoms with E-state index in [1.165, 1.54) is 13.3 Å². The molecule has 1 atom stereocenters. The molecule has 7 nitrogen and oxygen atoms in total. The van der Waals surface area contributed by atoms with Crippen molar-refractivity contribution in [2.45, 2.75) is 26.3 Å². The highest BCUT2D eigenvalue weighted by molar-refractivity contribution is 5.75. The zero-order valence-corrected chi connectivity index (χ0v) is 10.5. The van der Waals surface area contributed by atoms with Gasteiger partial charge in [-0.1, -0.05) is 0 Å². The largest absolute Gasteiger partial charge is 0.468 e. The normalized spacial score (nSPS) is 12.0. The van der Waals surface area contributed by atoms with Gasteiger partial charge in [-0.05, 0) is 13.8 Å². The second-order valence-corrected chi connectivity index (χ2v) is 3.95. The Balaban J connectivity index is 3.08. The predicted molar refractivity (Wildman–Crippen MR) is 64.1 cm³/mol. The molecule has 0 saturated carbocycles. The summed E-state index contributed by atoms with van der Waals surface area (Å²) in [6, 6.07) is -0.872. The van der Waals surface area contributed by atoms with Crippen molar-refractivity contribution in [1.82, 2.24) is 4.98 Å². The maximum absolute atomic E-state index is 11.2. The van der Waals surface area contributed by atoms with Crippen LogP contribution in [0, 0.1) is 24.0 Å². The van der Waals surface area contributed by atoms with Crippen molar-refractivity contribution < 1.29 is 14.5 Å². The third-order valence-electron chi connectivity index (χ3n) is 2.68. The van der Waals surface area contributed by atoms with Crippen molar-refractivity contribution in [3.05, 3.63) is 33.1 Å². The average Bonchev–Trinajstić information content (AvgIpc) is 2.31. The minimum absolute atomic E-state index is 0.0112. The number of methoxy groups -OCH3 is 1. The van der Waals surface area contributed by atoms with Crippen molar-refractivity contribution in [2.24, 2.45) is 5.73 Å². The van der Waals surface area contributed by atoms with Gasteiger partial charge in [-0.2, -0.15) is 0 Å². The molecule has 0 aromatic carbocycles. The van der Waals surface area contributed by atoms with E-state index in [-0.39, 0.29) is 12.1 Å². The topological polar surface area (TPSA) is 108 Å². The first-order chi connectivity index (χ1) is 8.38. The van der Waals surface area contributed by atoms with Crippen molar-refractivity contribution in [2.75, 3.05) is 7.11 Å². The van der Waals surface area contributed by atoms with E-state index in [2.05, 4.69) is 9.72 Å². The van der Waals surface area contributed by atoms with Crippen LogP contribution >= 0.6 is 0 Å². The van der Waals surface area contributed by atoms with Crippen LogP contribution in [0.15, 0.2) is 6.20 Å². The number of aromatic nitrogens is 1. The number of carbonyl (C=O) groups is 1. The third-order valence-corrected chi connectivity index (χ3v) is 2.68. The number of hydrogen-bond donors (Lipinski definition) is 1. The van der Waals surface area contributed by atoms with Gasteiger partial charge in [0.15, 0.2) is 0 Å². The summed E-state index contributed by atoms with van der Waals surface area (Å²) >= 11 is 0. The SMILES string of the molecule is COC(=O)C(N)Cc1ncc(C)c([N+](=O)[O-])c1C. The zero-order valence-electron chi connectivity index (χ0n) is 10.5. The summed E-state index contributed by atoms with van der Waals surface area (Å²) in [5.74, 6) is -0.570. The molecule has 0 bridgehead atoms. The lowest BCUT2D eigenvalue weighted by atomic mass is 10.0. The van der Waals surface area contributed by atoms with Crippen LogP contribution in [0.25, 0.3) is 0 Å². The first kappa shape index (κ1) is 14.0. The van der Waals surface area contributed by atoms with Crippen LogP contribution in [0.5, 0.6) is 0 Å². The minimum Gasteiger partial charge on any atom is -0.468 e. The predicted octanol–water partition coefficient (Wildman–Crippen LogP) is 0.649. The van der Waals surface area contributed by atoms with Gasteiger partial charge >= 0.3 is 5.97 Å². The number of aryl methyl sites for hydroxylation is 1. The van der Waals surface area contributed by atoms with Crippen molar-refractivity contribution in [3.8, 4) is 0 Å². The second kappa shape index (κ2) is 5.54. The minimum atomic E-state index is -0.872. The monoisotopic (exact) mass is 253 g/mol. The lowest BCUT2D eigenvalue weighted by molar-refractivity contribution is -0.386. The van der Waals surface area contributed by atoms with E-state index in [9.17, 15) is 14.9 Å². The van der Waals surface area contributed by atoms with Gasteiger partial charge in [-0.15, -0.1) is 0 Å². The van der Waals surface area contributed by atoms with Gasteiger partial charge in [0.25, 0.3) is 5.69 Å². The molecule has 7 heteroatoms. The first-order valence-corrected chi connectivity index (χ1v) is 5.31. The Labute approximate surface area is 104 Å². The summed E-state index contributed by atoms with van der Waals surface area (Å²) in [5.41, 5.74) is 6.96. The lowest BCUT2D eigenvalue weighted by Crippen LogP contribution is -2.34. The Morgan fingerprint density at radius 1 is 1.61 bits per heavy atom. The van der Waals surface area contributed by atoms with Gasteiger partial charge in [-0.25, -0.2) is 0 Å². The number of rotatable bonds is 4. The zero-order chi connectivity index (χ0) is 13.9. The molecule has 1 heterocycles. The third kappa shape index (κ3) is 2.80. The molecule has 2 N–H and O–H groups in total. The number of nitro groups is 1. The molecule has 1 unspecified atom stereocenters. The van der Waals surface area contributed by atoms with E-state index >= 15 is 0 Å². The van der Waals surface area contributed by atoms with Crippen LogP contribution in [-0.2, 0) is 16.0 Å². The smallest absolute Gasteiger partial charge is 0.323 e. The fourth-order valence-electron chi connectivity index (χ4n) is 1.69. The van der Waals surface area contributed by atoms with E-state index in [0.717, 1.165) is 0 Å². The molecule has 0 aliphatic heterocycles. The van der Waals surface area contributed by atoms with Gasteiger partial charge in [0, 0.05) is 23.7 Å². The molecular weight excluding hydrogens is 238 g/mol. The van der Waals surface area contributed by atoms with Crippen LogP contribution < -0.4 is 5.73 Å². The summed E-state index contributed by atoms with van der Waals surface area (Å²) in [7, 11) is 1.24. The van der Waals surface area contributed by atoms with Crippen molar-refractivity contribution in [1.29, 1.82) is 0 Å². The number of esters is 1. The van der Waals surface area contributed by atoms with Gasteiger partial charge in [0.1, 0.15) is 6.04 Å². The summed E-state index contributed by atoms with van der Waals surface area (Å²) in [4.78, 5) is 25.8. The van der Waals surface area contributed by atoms with Crippen LogP contribution in [0.4, 0.5) is 5.69 Å². The molecule has 1 rings (SSSR count). The lowest BCUT2D eigenvalue weighted by Gasteiger charge is -2.11. The molecular formula is C11H15N3O4. The number of carbonyl (C=O) groups excluding carboxylic acids is 1. The van der Waals surface area contributed by atoms with Crippen LogP contribution in [0.3, 0.4) is 0 Å². The van der Waals surface area contributed by atoms with E-state index in [0.29, 0.717) is 16.8 Å². The first-order valence-electron chi connectivity index (χ1n) is 5.31. The molecule has 1 aromatic heterocycles. The standard InChI is InChI=1S/C11H15N3O4/c1-6-5-13-9(4-8(12)11(15)18-3)7(2)10(6)14(16)17/h5,8H,4,12H2,1-3H3. The van der Waals surface area contributed by atoms with Crippen molar-refractivity contribution >= 4 is 11.7 Å². The van der Waals surface area contributed by atoms with Crippen LogP contribution in [-0.4, -0.2) is 29.0 Å². The van der Waals surface area contributed by atoms with Crippen molar-refractivity contribution in [3.63, 3.8) is 0 Å². The number of pyridine rings is 1. The molecule has 18 heavy (non-hydrogen) atoms. The number of nitrogens with two attached hydrogens (primary N) is 1. The highest BCUT2D eigenvalue weighted by Gasteiger charge is 2.22. The molecule has 0 radical (unpaired) electrons. The Morgan fingerprint density at radius 3 is 2.72 bits per heavy atom. The van der Waals surface area contributed by atoms with E-state index in [4.69, 9.17) is 5.73 Å². The Hall–Kier alpha value is -2.02. The van der Waals surface area contributed by atoms with Gasteiger partial charge < -0.3 is 10.5 Å². The summed E-state index contributed by atoms with van der Waals surface area (Å²) in [6.07, 6.45) is 1.52.